The molecule has 6 heteroatoms. The molecule has 0 aromatic rings. The van der Waals surface area contributed by atoms with Crippen molar-refractivity contribution >= 4 is 17.8 Å². The first-order valence-corrected chi connectivity index (χ1v) is 6.93. The first-order valence-electron chi connectivity index (χ1n) is 6.93. The van der Waals surface area contributed by atoms with Crippen LogP contribution in [0.5, 0.6) is 0 Å². The Morgan fingerprint density at radius 1 is 1.25 bits per heavy atom. The zero-order valence-corrected chi connectivity index (χ0v) is 12.7. The molecule has 1 atom stereocenters. The highest BCUT2D eigenvalue weighted by Crippen LogP contribution is 2.18. The molecule has 1 N–H and O–H groups in total. The van der Waals surface area contributed by atoms with Crippen molar-refractivity contribution in [2.24, 2.45) is 5.41 Å². The van der Waals surface area contributed by atoms with E-state index in [1.165, 1.54) is 12.0 Å². The Kier molecular flexibility index (Phi) is 5.53. The number of esters is 1. The lowest BCUT2D eigenvalue weighted by atomic mass is 9.96. The number of amides is 2. The van der Waals surface area contributed by atoms with Crippen LogP contribution in [0.3, 0.4) is 0 Å². The standard InChI is InChI=1S/C14H24N2O4/c1-14(2,3)13(19)15-9-11(17)16-8-6-5-7-10(16)12(18)20-4/h10H,5-9H2,1-4H3,(H,15,19). The minimum Gasteiger partial charge on any atom is -0.467 e. The summed E-state index contributed by atoms with van der Waals surface area (Å²) < 4.78 is 4.73. The van der Waals surface area contributed by atoms with Gasteiger partial charge in [0.15, 0.2) is 0 Å². The van der Waals surface area contributed by atoms with Crippen LogP contribution in [0, 0.1) is 5.41 Å². The molecule has 114 valence electrons. The zero-order chi connectivity index (χ0) is 15.3. The number of hydrogen-bond acceptors (Lipinski definition) is 4. The monoisotopic (exact) mass is 284 g/mol. The third-order valence-corrected chi connectivity index (χ3v) is 3.38. The third kappa shape index (κ3) is 4.21. The number of ether oxygens (including phenoxy) is 1. The number of hydrogen-bond donors (Lipinski definition) is 1. The van der Waals surface area contributed by atoms with Gasteiger partial charge in [0.25, 0.3) is 0 Å². The highest BCUT2D eigenvalue weighted by molar-refractivity contribution is 5.89. The summed E-state index contributed by atoms with van der Waals surface area (Å²) in [6, 6.07) is -0.521. The number of nitrogens with one attached hydrogen (secondary N) is 1. The molecule has 20 heavy (non-hydrogen) atoms. The number of methoxy groups -OCH3 is 1. The average molecular weight is 284 g/mol. The van der Waals surface area contributed by atoms with Gasteiger partial charge in [-0.05, 0) is 19.3 Å². The molecule has 0 aliphatic carbocycles. The Morgan fingerprint density at radius 3 is 2.45 bits per heavy atom. The van der Waals surface area contributed by atoms with Gasteiger partial charge in [-0.1, -0.05) is 20.8 Å². The number of carbonyl (C=O) groups is 3. The maximum atomic E-state index is 12.2. The molecule has 0 saturated carbocycles. The smallest absolute Gasteiger partial charge is 0.328 e. The van der Waals surface area contributed by atoms with E-state index in [1.807, 2.05) is 0 Å². The van der Waals surface area contributed by atoms with Crippen LogP contribution in [0.1, 0.15) is 40.0 Å². The molecule has 1 saturated heterocycles. The van der Waals surface area contributed by atoms with Gasteiger partial charge >= 0.3 is 5.97 Å². The van der Waals surface area contributed by atoms with Crippen LogP contribution >= 0.6 is 0 Å². The van der Waals surface area contributed by atoms with Crippen molar-refractivity contribution in [1.82, 2.24) is 10.2 Å². The number of nitrogens with zero attached hydrogens (tertiary/aromatic N) is 1. The predicted molar refractivity (Wildman–Crippen MR) is 73.8 cm³/mol. The van der Waals surface area contributed by atoms with Crippen molar-refractivity contribution in [3.05, 3.63) is 0 Å². The maximum Gasteiger partial charge on any atom is 0.328 e. The molecule has 1 heterocycles. The molecule has 2 amide bonds. The van der Waals surface area contributed by atoms with E-state index in [-0.39, 0.29) is 24.3 Å². The van der Waals surface area contributed by atoms with Gasteiger partial charge in [-0.25, -0.2) is 4.79 Å². The fourth-order valence-electron chi connectivity index (χ4n) is 2.13. The molecule has 1 fully saturated rings. The molecule has 0 bridgehead atoms. The summed E-state index contributed by atoms with van der Waals surface area (Å²) in [6.45, 7) is 5.80. The summed E-state index contributed by atoms with van der Waals surface area (Å²) in [6.07, 6.45) is 2.38. The number of likely N-dealkylation sites (tertiary alicyclic amines) is 1. The maximum absolute atomic E-state index is 12.2. The van der Waals surface area contributed by atoms with Gasteiger partial charge in [-0.15, -0.1) is 0 Å². The van der Waals surface area contributed by atoms with E-state index >= 15 is 0 Å². The molecule has 0 aromatic heterocycles. The van der Waals surface area contributed by atoms with Crippen LogP contribution in [-0.2, 0) is 19.1 Å². The number of piperidine rings is 1. The summed E-state index contributed by atoms with van der Waals surface area (Å²) in [5, 5.41) is 2.61. The fourth-order valence-corrected chi connectivity index (χ4v) is 2.13. The normalized spacial score (nSPS) is 19.4. The third-order valence-electron chi connectivity index (χ3n) is 3.38. The highest BCUT2D eigenvalue weighted by Gasteiger charge is 2.33. The second-order valence-electron chi connectivity index (χ2n) is 6.05. The summed E-state index contributed by atoms with van der Waals surface area (Å²) in [5.74, 6) is -0.810. The molecular weight excluding hydrogens is 260 g/mol. The molecule has 1 aliphatic rings. The summed E-state index contributed by atoms with van der Waals surface area (Å²) in [5.41, 5.74) is -0.538. The Morgan fingerprint density at radius 2 is 1.90 bits per heavy atom. The Hall–Kier alpha value is -1.59. The Bertz CT molecular complexity index is 387. The molecular formula is C14H24N2O4. The van der Waals surface area contributed by atoms with Gasteiger partial charge in [-0.2, -0.15) is 0 Å². The van der Waals surface area contributed by atoms with Crippen LogP contribution in [0.25, 0.3) is 0 Å². The van der Waals surface area contributed by atoms with Crippen LogP contribution < -0.4 is 5.32 Å². The molecule has 1 unspecified atom stereocenters. The van der Waals surface area contributed by atoms with E-state index in [0.29, 0.717) is 13.0 Å². The van der Waals surface area contributed by atoms with E-state index in [4.69, 9.17) is 4.74 Å². The van der Waals surface area contributed by atoms with Crippen molar-refractivity contribution < 1.29 is 19.1 Å². The molecule has 0 aromatic carbocycles. The second kappa shape index (κ2) is 6.72. The summed E-state index contributed by atoms with van der Waals surface area (Å²) >= 11 is 0. The lowest BCUT2D eigenvalue weighted by Crippen LogP contribution is -2.52. The minimum absolute atomic E-state index is 0.0798. The fraction of sp³-hybridized carbons (Fsp3) is 0.786. The number of carbonyl (C=O) groups excluding carboxylic acids is 3. The summed E-state index contributed by atoms with van der Waals surface area (Å²) in [4.78, 5) is 37.1. The summed E-state index contributed by atoms with van der Waals surface area (Å²) in [7, 11) is 1.32. The van der Waals surface area contributed by atoms with Crippen molar-refractivity contribution in [2.75, 3.05) is 20.2 Å². The van der Waals surface area contributed by atoms with Gasteiger partial charge in [-0.3, -0.25) is 9.59 Å². The quantitative estimate of drug-likeness (QED) is 0.774. The van der Waals surface area contributed by atoms with Gasteiger partial charge in [0, 0.05) is 12.0 Å². The lowest BCUT2D eigenvalue weighted by molar-refractivity contribution is -0.154. The van der Waals surface area contributed by atoms with E-state index in [1.54, 1.807) is 20.8 Å². The van der Waals surface area contributed by atoms with Crippen LogP contribution in [-0.4, -0.2) is 48.9 Å². The lowest BCUT2D eigenvalue weighted by Gasteiger charge is -2.34. The number of rotatable bonds is 3. The Balaban J connectivity index is 2.60. The molecule has 0 spiro atoms. The predicted octanol–water partition coefficient (Wildman–Crippen LogP) is 0.703. The van der Waals surface area contributed by atoms with Gasteiger partial charge in [0.1, 0.15) is 6.04 Å². The molecule has 6 nitrogen and oxygen atoms in total. The van der Waals surface area contributed by atoms with Crippen LogP contribution in [0.4, 0.5) is 0 Å². The minimum atomic E-state index is -0.538. The van der Waals surface area contributed by atoms with E-state index < -0.39 is 11.5 Å². The van der Waals surface area contributed by atoms with E-state index in [9.17, 15) is 14.4 Å². The second-order valence-corrected chi connectivity index (χ2v) is 6.05. The van der Waals surface area contributed by atoms with Gasteiger partial charge < -0.3 is 15.0 Å². The van der Waals surface area contributed by atoms with Crippen molar-refractivity contribution in [3.63, 3.8) is 0 Å². The van der Waals surface area contributed by atoms with Crippen molar-refractivity contribution in [3.8, 4) is 0 Å². The average Bonchev–Trinajstić information content (AvgIpc) is 2.42. The molecule has 1 aliphatic heterocycles. The SMILES string of the molecule is COC(=O)C1CCCCN1C(=O)CNC(=O)C(C)(C)C. The van der Waals surface area contributed by atoms with Crippen LogP contribution in [0.15, 0.2) is 0 Å². The molecule has 0 radical (unpaired) electrons. The highest BCUT2D eigenvalue weighted by atomic mass is 16.5. The van der Waals surface area contributed by atoms with Crippen LogP contribution in [0.2, 0.25) is 0 Å². The first-order chi connectivity index (χ1) is 9.27. The largest absolute Gasteiger partial charge is 0.467 e. The first kappa shape index (κ1) is 16.5. The zero-order valence-electron chi connectivity index (χ0n) is 12.7. The van der Waals surface area contributed by atoms with Crippen molar-refractivity contribution in [1.29, 1.82) is 0 Å². The van der Waals surface area contributed by atoms with E-state index in [0.717, 1.165) is 12.8 Å². The van der Waals surface area contributed by atoms with Gasteiger partial charge in [0.05, 0.1) is 13.7 Å². The molecule has 1 rings (SSSR count). The van der Waals surface area contributed by atoms with E-state index in [2.05, 4.69) is 5.32 Å². The Labute approximate surface area is 119 Å². The van der Waals surface area contributed by atoms with Crippen molar-refractivity contribution in [2.45, 2.75) is 46.1 Å². The topological polar surface area (TPSA) is 75.7 Å². The van der Waals surface area contributed by atoms with Gasteiger partial charge in [0.2, 0.25) is 11.8 Å².